The van der Waals surface area contributed by atoms with E-state index in [1.807, 2.05) is 6.26 Å². The van der Waals surface area contributed by atoms with Crippen molar-refractivity contribution in [1.29, 1.82) is 0 Å². The van der Waals surface area contributed by atoms with Crippen LogP contribution in [0.25, 0.3) is 0 Å². The molecule has 1 heterocycles. The van der Waals surface area contributed by atoms with Gasteiger partial charge in [0.25, 0.3) is 0 Å². The fourth-order valence-electron chi connectivity index (χ4n) is 0.939. The molecular weight excluding hydrogens is 246 g/mol. The van der Waals surface area contributed by atoms with Crippen molar-refractivity contribution in [3.63, 3.8) is 0 Å². The molecular formula is C9H17N3S3. The van der Waals surface area contributed by atoms with Crippen molar-refractivity contribution in [1.82, 2.24) is 15.5 Å². The van der Waals surface area contributed by atoms with Crippen LogP contribution < -0.4 is 5.32 Å². The monoisotopic (exact) mass is 263 g/mol. The lowest BCUT2D eigenvalue weighted by molar-refractivity contribution is 0.568. The maximum absolute atomic E-state index is 4.10. The molecule has 1 aromatic heterocycles. The van der Waals surface area contributed by atoms with Crippen LogP contribution in [0.1, 0.15) is 13.8 Å². The standard InChI is InChI=1S/C9H17N3S3/c1-7(2)6-10-4-5-14-9-12-11-8(13-3)15-9/h7,10H,4-6H2,1-3H3. The number of hydrogen-bond donors (Lipinski definition) is 1. The van der Waals surface area contributed by atoms with Crippen molar-refractivity contribution in [2.75, 3.05) is 25.1 Å². The smallest absolute Gasteiger partial charge is 0.175 e. The zero-order valence-corrected chi connectivity index (χ0v) is 11.8. The summed E-state index contributed by atoms with van der Waals surface area (Å²) < 4.78 is 2.12. The molecule has 3 nitrogen and oxygen atoms in total. The van der Waals surface area contributed by atoms with E-state index in [9.17, 15) is 0 Å². The molecule has 0 aliphatic rings. The van der Waals surface area contributed by atoms with Crippen LogP contribution >= 0.6 is 34.9 Å². The number of hydrogen-bond acceptors (Lipinski definition) is 6. The first-order valence-electron chi connectivity index (χ1n) is 4.93. The highest BCUT2D eigenvalue weighted by Crippen LogP contribution is 2.26. The van der Waals surface area contributed by atoms with Gasteiger partial charge in [0.2, 0.25) is 0 Å². The van der Waals surface area contributed by atoms with E-state index in [4.69, 9.17) is 0 Å². The average Bonchev–Trinajstić information content (AvgIpc) is 2.65. The van der Waals surface area contributed by atoms with Crippen LogP contribution in [-0.4, -0.2) is 35.3 Å². The van der Waals surface area contributed by atoms with Crippen molar-refractivity contribution in [3.8, 4) is 0 Å². The second-order valence-corrected chi connectivity index (χ2v) is 6.86. The third-order valence-corrected chi connectivity index (χ3v) is 4.65. The summed E-state index contributed by atoms with van der Waals surface area (Å²) >= 11 is 5.10. The lowest BCUT2D eigenvalue weighted by atomic mass is 10.2. The number of thioether (sulfide) groups is 2. The Morgan fingerprint density at radius 2 is 2.07 bits per heavy atom. The summed E-state index contributed by atoms with van der Waals surface area (Å²) in [7, 11) is 0. The first-order valence-corrected chi connectivity index (χ1v) is 7.96. The van der Waals surface area contributed by atoms with E-state index >= 15 is 0 Å². The fourth-order valence-corrected chi connectivity index (χ4v) is 3.34. The van der Waals surface area contributed by atoms with Gasteiger partial charge in [-0.05, 0) is 18.7 Å². The van der Waals surface area contributed by atoms with Gasteiger partial charge in [-0.25, -0.2) is 0 Å². The molecule has 0 amide bonds. The van der Waals surface area contributed by atoms with E-state index < -0.39 is 0 Å². The van der Waals surface area contributed by atoms with Crippen molar-refractivity contribution in [2.24, 2.45) is 5.92 Å². The molecule has 0 unspecified atom stereocenters. The summed E-state index contributed by atoms with van der Waals surface area (Å²) in [6.45, 7) is 6.56. The zero-order valence-electron chi connectivity index (χ0n) is 9.32. The van der Waals surface area contributed by atoms with Gasteiger partial charge in [-0.1, -0.05) is 48.7 Å². The van der Waals surface area contributed by atoms with Gasteiger partial charge in [0, 0.05) is 12.3 Å². The quantitative estimate of drug-likeness (QED) is 0.604. The summed E-state index contributed by atoms with van der Waals surface area (Å²) in [6, 6.07) is 0. The van der Waals surface area contributed by atoms with E-state index in [1.165, 1.54) is 0 Å². The Morgan fingerprint density at radius 3 is 2.67 bits per heavy atom. The molecule has 0 saturated heterocycles. The van der Waals surface area contributed by atoms with Gasteiger partial charge in [-0.3, -0.25) is 0 Å². The second-order valence-electron chi connectivity index (χ2n) is 3.48. The van der Waals surface area contributed by atoms with Crippen LogP contribution in [0.5, 0.6) is 0 Å². The SMILES string of the molecule is CSc1nnc(SCCNCC(C)C)s1. The molecule has 0 bridgehead atoms. The Morgan fingerprint density at radius 1 is 1.33 bits per heavy atom. The van der Waals surface area contributed by atoms with Gasteiger partial charge in [0.05, 0.1) is 0 Å². The highest BCUT2D eigenvalue weighted by Gasteiger charge is 2.02. The van der Waals surface area contributed by atoms with Crippen LogP contribution in [0.3, 0.4) is 0 Å². The molecule has 0 aliphatic heterocycles. The van der Waals surface area contributed by atoms with Gasteiger partial charge in [-0.2, -0.15) is 0 Å². The molecule has 0 saturated carbocycles. The minimum Gasteiger partial charge on any atom is -0.316 e. The Balaban J connectivity index is 2.09. The molecule has 0 atom stereocenters. The summed E-state index contributed by atoms with van der Waals surface area (Å²) in [5, 5.41) is 11.6. The molecule has 1 N–H and O–H groups in total. The van der Waals surface area contributed by atoms with Crippen molar-refractivity contribution >= 4 is 34.9 Å². The fraction of sp³-hybridized carbons (Fsp3) is 0.778. The first-order chi connectivity index (χ1) is 7.22. The van der Waals surface area contributed by atoms with Crippen molar-refractivity contribution in [3.05, 3.63) is 0 Å². The van der Waals surface area contributed by atoms with Crippen LogP contribution in [0, 0.1) is 5.92 Å². The summed E-state index contributed by atoms with van der Waals surface area (Å²) in [6.07, 6.45) is 2.03. The Labute approximate surface area is 104 Å². The molecule has 0 fully saturated rings. The van der Waals surface area contributed by atoms with Crippen LogP contribution in [0.15, 0.2) is 8.68 Å². The minimum absolute atomic E-state index is 0.722. The molecule has 15 heavy (non-hydrogen) atoms. The maximum Gasteiger partial charge on any atom is 0.175 e. The molecule has 1 aromatic rings. The summed E-state index contributed by atoms with van der Waals surface area (Å²) in [5.74, 6) is 1.79. The third kappa shape index (κ3) is 5.75. The molecule has 0 aliphatic carbocycles. The highest BCUT2D eigenvalue weighted by atomic mass is 32.2. The normalized spacial score (nSPS) is 11.2. The number of aromatic nitrogens is 2. The van der Waals surface area contributed by atoms with Gasteiger partial charge in [0.15, 0.2) is 8.68 Å². The summed E-state index contributed by atoms with van der Waals surface area (Å²) in [4.78, 5) is 0. The second kappa shape index (κ2) is 7.49. The van der Waals surface area contributed by atoms with E-state index in [1.54, 1.807) is 34.9 Å². The van der Waals surface area contributed by atoms with Gasteiger partial charge in [0.1, 0.15) is 0 Å². The lowest BCUT2D eigenvalue weighted by Crippen LogP contribution is -2.21. The van der Waals surface area contributed by atoms with E-state index in [-0.39, 0.29) is 0 Å². The van der Waals surface area contributed by atoms with Gasteiger partial charge < -0.3 is 5.32 Å². The van der Waals surface area contributed by atoms with Crippen molar-refractivity contribution < 1.29 is 0 Å². The predicted octanol–water partition coefficient (Wildman–Crippen LogP) is 2.60. The highest BCUT2D eigenvalue weighted by molar-refractivity contribution is 8.02. The summed E-state index contributed by atoms with van der Waals surface area (Å²) in [5.41, 5.74) is 0. The Bertz CT molecular complexity index is 275. The third-order valence-electron chi connectivity index (χ3n) is 1.62. The lowest BCUT2D eigenvalue weighted by Gasteiger charge is -2.05. The number of rotatable bonds is 7. The van der Waals surface area contributed by atoms with Crippen LogP contribution in [-0.2, 0) is 0 Å². The topological polar surface area (TPSA) is 37.8 Å². The molecule has 1 rings (SSSR count). The Hall–Kier alpha value is 0.220. The van der Waals surface area contributed by atoms with Crippen molar-refractivity contribution in [2.45, 2.75) is 22.5 Å². The van der Waals surface area contributed by atoms with Crippen LogP contribution in [0.2, 0.25) is 0 Å². The number of nitrogens with zero attached hydrogens (tertiary/aromatic N) is 2. The largest absolute Gasteiger partial charge is 0.316 e. The van der Waals surface area contributed by atoms with E-state index in [0.29, 0.717) is 0 Å². The molecule has 0 spiro atoms. The molecule has 0 radical (unpaired) electrons. The van der Waals surface area contributed by atoms with Gasteiger partial charge >= 0.3 is 0 Å². The molecule has 86 valence electrons. The Kier molecular flexibility index (Phi) is 6.63. The van der Waals surface area contributed by atoms with Crippen LogP contribution in [0.4, 0.5) is 0 Å². The minimum atomic E-state index is 0.722. The first kappa shape index (κ1) is 13.3. The number of nitrogens with one attached hydrogen (secondary N) is 1. The van der Waals surface area contributed by atoms with Gasteiger partial charge in [-0.15, -0.1) is 10.2 Å². The maximum atomic E-state index is 4.10. The molecule has 6 heteroatoms. The average molecular weight is 263 g/mol. The molecule has 0 aromatic carbocycles. The van der Waals surface area contributed by atoms with E-state index in [2.05, 4.69) is 29.4 Å². The zero-order chi connectivity index (χ0) is 11.1. The predicted molar refractivity (Wildman–Crippen MR) is 70.1 cm³/mol. The van der Waals surface area contributed by atoms with E-state index in [0.717, 1.165) is 33.4 Å².